The molecule has 0 saturated carbocycles. The Morgan fingerprint density at radius 1 is 0.941 bits per heavy atom. The van der Waals surface area contributed by atoms with Crippen LogP contribution >= 0.6 is 10.0 Å². The van der Waals surface area contributed by atoms with Gasteiger partial charge in [0.25, 0.3) is 0 Å². The molecule has 190 valence electrons. The van der Waals surface area contributed by atoms with Crippen LogP contribution in [-0.4, -0.2) is 55.1 Å². The number of likely N-dealkylation sites (N-methyl/N-ethyl adjacent to an activating group) is 1. The fraction of sp³-hybridized carbons (Fsp3) is 0.536. The van der Waals surface area contributed by atoms with Crippen molar-refractivity contribution in [3.05, 3.63) is 53.1 Å². The second kappa shape index (κ2) is 10.6. The third kappa shape index (κ3) is 7.67. The molecule has 6 heteroatoms. The lowest BCUT2D eigenvalue weighted by Crippen LogP contribution is -2.23. The van der Waals surface area contributed by atoms with Crippen LogP contribution in [0.3, 0.4) is 0 Å². The van der Waals surface area contributed by atoms with E-state index in [1.54, 1.807) is 4.90 Å². The Labute approximate surface area is 207 Å². The van der Waals surface area contributed by atoms with E-state index >= 15 is 0 Å². The summed E-state index contributed by atoms with van der Waals surface area (Å²) in [6.07, 6.45) is 4.46. The van der Waals surface area contributed by atoms with Crippen LogP contribution in [0.15, 0.2) is 41.3 Å². The van der Waals surface area contributed by atoms with Crippen LogP contribution in [0.25, 0.3) is 0 Å². The second-order valence-electron chi connectivity index (χ2n) is 11.7. The van der Waals surface area contributed by atoms with Crippen LogP contribution in [-0.2, 0) is 27.0 Å². The number of esters is 1. The van der Waals surface area contributed by atoms with Crippen molar-refractivity contribution in [1.29, 1.82) is 0 Å². The van der Waals surface area contributed by atoms with Gasteiger partial charge in [0.2, 0.25) is 0 Å². The Bertz CT molecular complexity index is 948. The third-order valence-corrected chi connectivity index (χ3v) is 7.88. The molecule has 0 aliphatic carbocycles. The number of carbonyl (C=O) groups is 1. The predicted molar refractivity (Wildman–Crippen MR) is 143 cm³/mol. The van der Waals surface area contributed by atoms with Gasteiger partial charge in [0.05, 0.1) is 6.54 Å². The quantitative estimate of drug-likeness (QED) is 0.457. The van der Waals surface area contributed by atoms with Crippen LogP contribution in [0.1, 0.15) is 58.2 Å². The van der Waals surface area contributed by atoms with Crippen molar-refractivity contribution in [2.24, 2.45) is 0 Å². The minimum absolute atomic E-state index is 0.197. The number of aromatic hydroxyl groups is 1. The highest BCUT2D eigenvalue weighted by molar-refractivity contribution is 8.32. The number of hydrogen-bond donors (Lipinski definition) is 1. The Morgan fingerprint density at radius 3 is 1.88 bits per heavy atom. The van der Waals surface area contributed by atoms with E-state index in [9.17, 15) is 9.90 Å². The van der Waals surface area contributed by atoms with Crippen molar-refractivity contribution < 1.29 is 19.4 Å². The average Bonchev–Trinajstić information content (AvgIpc) is 2.69. The van der Waals surface area contributed by atoms with Gasteiger partial charge in [0.1, 0.15) is 24.0 Å². The van der Waals surface area contributed by atoms with E-state index in [4.69, 9.17) is 9.47 Å². The maximum atomic E-state index is 11.8. The first-order valence-corrected chi connectivity index (χ1v) is 14.2. The molecule has 0 aliphatic heterocycles. The summed E-state index contributed by atoms with van der Waals surface area (Å²) < 4.78 is 11.7. The zero-order valence-corrected chi connectivity index (χ0v) is 23.4. The fourth-order valence-corrected chi connectivity index (χ4v) is 4.98. The Balaban J connectivity index is 2.16. The predicted octanol–water partition coefficient (Wildman–Crippen LogP) is 6.05. The zero-order chi connectivity index (χ0) is 25.9. The summed E-state index contributed by atoms with van der Waals surface area (Å²) in [7, 11) is 2.46. The molecule has 2 aromatic rings. The van der Waals surface area contributed by atoms with Crippen molar-refractivity contribution in [2.45, 2.75) is 63.9 Å². The van der Waals surface area contributed by atoms with Crippen molar-refractivity contribution in [3.8, 4) is 11.5 Å². The first-order chi connectivity index (χ1) is 15.5. The molecular weight excluding hydrogens is 446 g/mol. The van der Waals surface area contributed by atoms with E-state index in [1.807, 2.05) is 38.4 Å². The van der Waals surface area contributed by atoms with Crippen molar-refractivity contribution in [2.75, 3.05) is 39.1 Å². The molecule has 0 saturated heterocycles. The standard InChI is InChI=1S/C28H43NO4S/c1-27(2,3)23-15-21(16-24(26(23)31)28(4,5)6)33-19-34(9,10)22-13-11-20(12-14-22)18-32-25(30)17-29(7)8/h11-16,31H,17-19H2,1-10H3. The van der Waals surface area contributed by atoms with Gasteiger partial charge in [-0.15, -0.1) is 0 Å². The number of benzene rings is 2. The number of phenols is 1. The van der Waals surface area contributed by atoms with E-state index in [0.717, 1.165) is 22.4 Å². The van der Waals surface area contributed by atoms with Gasteiger partial charge in [-0.25, -0.2) is 0 Å². The molecule has 0 atom stereocenters. The molecule has 1 N–H and O–H groups in total. The maximum Gasteiger partial charge on any atom is 0.320 e. The summed E-state index contributed by atoms with van der Waals surface area (Å²) in [6.45, 7) is 13.2. The van der Waals surface area contributed by atoms with Gasteiger partial charge in [0.15, 0.2) is 0 Å². The Morgan fingerprint density at radius 2 is 1.44 bits per heavy atom. The highest BCUT2D eigenvalue weighted by Gasteiger charge is 2.27. The molecule has 0 heterocycles. The molecule has 0 spiro atoms. The Hall–Kier alpha value is -2.18. The van der Waals surface area contributed by atoms with E-state index in [0.29, 0.717) is 11.7 Å². The van der Waals surface area contributed by atoms with Gasteiger partial charge < -0.3 is 14.6 Å². The Kier molecular flexibility index (Phi) is 8.76. The SMILES string of the molecule is CN(C)CC(=O)OCc1ccc(S(C)(C)COc2cc(C(C)(C)C)c(O)c(C(C)(C)C)c2)cc1. The highest BCUT2D eigenvalue weighted by atomic mass is 32.3. The van der Waals surface area contributed by atoms with Crippen molar-refractivity contribution in [1.82, 2.24) is 4.90 Å². The lowest BCUT2D eigenvalue weighted by atomic mass is 9.79. The monoisotopic (exact) mass is 489 g/mol. The number of ether oxygens (including phenoxy) is 2. The maximum absolute atomic E-state index is 11.8. The van der Waals surface area contributed by atoms with Crippen LogP contribution in [0, 0.1) is 0 Å². The molecular formula is C28H43NO4S. The van der Waals surface area contributed by atoms with E-state index in [2.05, 4.69) is 66.2 Å². The molecule has 2 rings (SSSR count). The summed E-state index contributed by atoms with van der Waals surface area (Å²) in [5, 5.41) is 11.0. The molecule has 34 heavy (non-hydrogen) atoms. The van der Waals surface area contributed by atoms with Crippen molar-refractivity contribution in [3.63, 3.8) is 0 Å². The van der Waals surface area contributed by atoms with Gasteiger partial charge in [-0.1, -0.05) is 53.7 Å². The number of rotatable bonds is 8. The zero-order valence-electron chi connectivity index (χ0n) is 22.6. The van der Waals surface area contributed by atoms with E-state index in [1.165, 1.54) is 4.90 Å². The molecule has 0 amide bonds. The largest absolute Gasteiger partial charge is 0.507 e. The van der Waals surface area contributed by atoms with Crippen LogP contribution in [0.5, 0.6) is 11.5 Å². The fourth-order valence-electron chi connectivity index (χ4n) is 3.54. The van der Waals surface area contributed by atoms with E-state index < -0.39 is 10.0 Å². The topological polar surface area (TPSA) is 59.0 Å². The second-order valence-corrected chi connectivity index (χ2v) is 15.5. The molecule has 2 aromatic carbocycles. The minimum atomic E-state index is -1.23. The highest BCUT2D eigenvalue weighted by Crippen LogP contribution is 2.49. The first-order valence-electron chi connectivity index (χ1n) is 11.6. The molecule has 0 aromatic heterocycles. The van der Waals surface area contributed by atoms with Gasteiger partial charge in [-0.3, -0.25) is 9.69 Å². The minimum Gasteiger partial charge on any atom is -0.507 e. The number of nitrogens with zero attached hydrogens (tertiary/aromatic N) is 1. The number of phenolic OH excluding ortho intramolecular Hbond substituents is 1. The smallest absolute Gasteiger partial charge is 0.320 e. The average molecular weight is 490 g/mol. The summed E-state index contributed by atoms with van der Waals surface area (Å²) >= 11 is 0. The first kappa shape index (κ1) is 28.1. The summed E-state index contributed by atoms with van der Waals surface area (Å²) in [4.78, 5) is 14.8. The van der Waals surface area contributed by atoms with Gasteiger partial charge in [0, 0.05) is 11.1 Å². The molecule has 0 fully saturated rings. The number of hydrogen-bond acceptors (Lipinski definition) is 5. The summed E-state index contributed by atoms with van der Waals surface area (Å²) in [5.41, 5.74) is 2.37. The molecule has 5 nitrogen and oxygen atoms in total. The lowest BCUT2D eigenvalue weighted by molar-refractivity contribution is -0.145. The normalized spacial score (nSPS) is 13.1. The van der Waals surface area contributed by atoms with Gasteiger partial charge in [-0.05, 0) is 72.2 Å². The molecule has 0 radical (unpaired) electrons. The van der Waals surface area contributed by atoms with Crippen LogP contribution < -0.4 is 4.74 Å². The van der Waals surface area contributed by atoms with Crippen molar-refractivity contribution >= 4 is 16.0 Å². The van der Waals surface area contributed by atoms with Crippen LogP contribution in [0.2, 0.25) is 0 Å². The summed E-state index contributed by atoms with van der Waals surface area (Å²) in [5.74, 6) is 1.49. The van der Waals surface area contributed by atoms with Crippen LogP contribution in [0.4, 0.5) is 0 Å². The molecule has 0 aliphatic rings. The number of carbonyl (C=O) groups excluding carboxylic acids is 1. The van der Waals surface area contributed by atoms with Gasteiger partial charge in [-0.2, -0.15) is 10.0 Å². The van der Waals surface area contributed by atoms with E-state index in [-0.39, 0.29) is 30.0 Å². The molecule has 0 unspecified atom stereocenters. The summed E-state index contributed by atoms with van der Waals surface area (Å²) in [6, 6.07) is 12.2. The van der Waals surface area contributed by atoms with Gasteiger partial charge >= 0.3 is 5.97 Å². The third-order valence-electron chi connectivity index (χ3n) is 5.63. The molecule has 0 bridgehead atoms. The lowest BCUT2D eigenvalue weighted by Gasteiger charge is -2.33.